The molecule has 0 aliphatic heterocycles. The number of aromatic nitrogens is 2. The molecule has 2 aromatic heterocycles. The van der Waals surface area contributed by atoms with Gasteiger partial charge in [0.2, 0.25) is 0 Å². The topological polar surface area (TPSA) is 17.8 Å². The Hall–Kier alpha value is -1.57. The minimum absolute atomic E-state index is 0.906. The average Bonchev–Trinajstić information content (AvgIpc) is 2.51. The highest BCUT2D eigenvalue weighted by molar-refractivity contribution is 5.17. The Morgan fingerprint density at radius 3 is 2.57 bits per heavy atom. The highest BCUT2D eigenvalue weighted by Crippen LogP contribution is 2.09. The third kappa shape index (κ3) is 1.69. The standard InChI is InChI=1S/C12H13N2/c1-10-3-4-11(2)14(10)9-12-5-7-13-8-6-12/h3,5-8H,9H2,1-2H3. The summed E-state index contributed by atoms with van der Waals surface area (Å²) >= 11 is 0. The Kier molecular flexibility index (Phi) is 2.35. The fourth-order valence-electron chi connectivity index (χ4n) is 1.54. The van der Waals surface area contributed by atoms with Crippen molar-refractivity contribution in [2.75, 3.05) is 0 Å². The fourth-order valence-corrected chi connectivity index (χ4v) is 1.54. The van der Waals surface area contributed by atoms with Crippen LogP contribution in [0.5, 0.6) is 0 Å². The van der Waals surface area contributed by atoms with Crippen LogP contribution in [0.2, 0.25) is 0 Å². The van der Waals surface area contributed by atoms with Crippen molar-refractivity contribution in [3.8, 4) is 0 Å². The first kappa shape index (κ1) is 9.00. The van der Waals surface area contributed by atoms with Crippen molar-refractivity contribution in [1.82, 2.24) is 9.55 Å². The number of rotatable bonds is 2. The van der Waals surface area contributed by atoms with Gasteiger partial charge >= 0.3 is 0 Å². The minimum atomic E-state index is 0.906. The van der Waals surface area contributed by atoms with Gasteiger partial charge in [-0.05, 0) is 37.6 Å². The lowest BCUT2D eigenvalue weighted by molar-refractivity contribution is 0.748. The Bertz CT molecular complexity index is 396. The molecule has 2 rings (SSSR count). The number of hydrogen-bond acceptors (Lipinski definition) is 1. The summed E-state index contributed by atoms with van der Waals surface area (Å²) in [5.74, 6) is 0. The zero-order valence-electron chi connectivity index (χ0n) is 8.49. The molecule has 1 radical (unpaired) electrons. The van der Waals surface area contributed by atoms with Gasteiger partial charge in [0.15, 0.2) is 0 Å². The molecule has 0 saturated carbocycles. The largest absolute Gasteiger partial charge is 0.344 e. The van der Waals surface area contributed by atoms with Crippen LogP contribution in [0.4, 0.5) is 0 Å². The summed E-state index contributed by atoms with van der Waals surface area (Å²) in [4.78, 5) is 4.00. The molecule has 0 bridgehead atoms. The zero-order valence-corrected chi connectivity index (χ0v) is 8.49. The van der Waals surface area contributed by atoms with Gasteiger partial charge in [-0.2, -0.15) is 0 Å². The molecule has 0 N–H and O–H groups in total. The first-order chi connectivity index (χ1) is 6.77. The molecule has 0 aliphatic carbocycles. The third-order valence-electron chi connectivity index (χ3n) is 2.41. The fraction of sp³-hybridized carbons (Fsp3) is 0.250. The van der Waals surface area contributed by atoms with E-state index in [0.29, 0.717) is 0 Å². The molecule has 0 aliphatic rings. The zero-order chi connectivity index (χ0) is 9.97. The number of aryl methyl sites for hydroxylation is 2. The van der Waals surface area contributed by atoms with Gasteiger partial charge < -0.3 is 4.57 Å². The second-order valence-electron chi connectivity index (χ2n) is 3.46. The Morgan fingerprint density at radius 2 is 2.00 bits per heavy atom. The maximum atomic E-state index is 4.00. The van der Waals surface area contributed by atoms with Crippen LogP contribution in [0.15, 0.2) is 30.6 Å². The number of hydrogen-bond donors (Lipinski definition) is 0. The molecule has 0 atom stereocenters. The molecular weight excluding hydrogens is 172 g/mol. The lowest BCUT2D eigenvalue weighted by atomic mass is 10.2. The maximum absolute atomic E-state index is 4.00. The lowest BCUT2D eigenvalue weighted by Gasteiger charge is -2.08. The van der Waals surface area contributed by atoms with Crippen molar-refractivity contribution in [2.24, 2.45) is 0 Å². The van der Waals surface area contributed by atoms with Crippen molar-refractivity contribution in [3.05, 3.63) is 53.6 Å². The van der Waals surface area contributed by atoms with Gasteiger partial charge in [0.1, 0.15) is 0 Å². The molecule has 0 aromatic carbocycles. The van der Waals surface area contributed by atoms with Crippen LogP contribution in [0, 0.1) is 19.9 Å². The molecule has 2 aromatic rings. The molecule has 14 heavy (non-hydrogen) atoms. The summed E-state index contributed by atoms with van der Waals surface area (Å²) in [5.41, 5.74) is 3.70. The van der Waals surface area contributed by atoms with E-state index < -0.39 is 0 Å². The molecule has 2 nitrogen and oxygen atoms in total. The van der Waals surface area contributed by atoms with E-state index in [1.807, 2.05) is 30.6 Å². The summed E-state index contributed by atoms with van der Waals surface area (Å²) in [6.45, 7) is 5.09. The molecule has 0 unspecified atom stereocenters. The van der Waals surface area contributed by atoms with Crippen LogP contribution in [0.25, 0.3) is 0 Å². The van der Waals surface area contributed by atoms with Crippen LogP contribution in [0.1, 0.15) is 17.0 Å². The summed E-state index contributed by atoms with van der Waals surface area (Å²) in [5, 5.41) is 0. The van der Waals surface area contributed by atoms with Gasteiger partial charge in [0.25, 0.3) is 0 Å². The van der Waals surface area contributed by atoms with E-state index in [1.54, 1.807) is 0 Å². The summed E-state index contributed by atoms with van der Waals surface area (Å²) in [6.07, 6.45) is 3.65. The second-order valence-corrected chi connectivity index (χ2v) is 3.46. The van der Waals surface area contributed by atoms with Gasteiger partial charge in [-0.15, -0.1) is 0 Å². The van der Waals surface area contributed by atoms with E-state index in [4.69, 9.17) is 0 Å². The van der Waals surface area contributed by atoms with Gasteiger partial charge in [-0.25, -0.2) is 0 Å². The Labute approximate surface area is 84.2 Å². The molecule has 2 heteroatoms. The minimum Gasteiger partial charge on any atom is -0.344 e. The number of pyridine rings is 1. The highest BCUT2D eigenvalue weighted by atomic mass is 15.0. The van der Waals surface area contributed by atoms with Crippen LogP contribution in [0.3, 0.4) is 0 Å². The smallest absolute Gasteiger partial charge is 0.0476 e. The van der Waals surface area contributed by atoms with E-state index in [2.05, 4.69) is 29.5 Å². The summed E-state index contributed by atoms with van der Waals surface area (Å²) in [7, 11) is 0. The van der Waals surface area contributed by atoms with Crippen molar-refractivity contribution >= 4 is 0 Å². The molecule has 71 valence electrons. The molecule has 0 spiro atoms. The first-order valence-corrected chi connectivity index (χ1v) is 4.70. The van der Waals surface area contributed by atoms with Crippen molar-refractivity contribution in [2.45, 2.75) is 20.4 Å². The SMILES string of the molecule is Cc1[c]cc(C)n1Cc1ccncc1. The Balaban J connectivity index is 2.27. The van der Waals surface area contributed by atoms with E-state index in [-0.39, 0.29) is 0 Å². The van der Waals surface area contributed by atoms with Crippen molar-refractivity contribution < 1.29 is 0 Å². The third-order valence-corrected chi connectivity index (χ3v) is 2.41. The first-order valence-electron chi connectivity index (χ1n) is 4.70. The second kappa shape index (κ2) is 3.66. The molecule has 0 saturated heterocycles. The Morgan fingerprint density at radius 1 is 1.29 bits per heavy atom. The lowest BCUT2D eigenvalue weighted by Crippen LogP contribution is -2.03. The van der Waals surface area contributed by atoms with Crippen LogP contribution >= 0.6 is 0 Å². The number of nitrogens with zero attached hydrogens (tertiary/aromatic N) is 2. The van der Waals surface area contributed by atoms with E-state index in [9.17, 15) is 0 Å². The average molecular weight is 185 g/mol. The van der Waals surface area contributed by atoms with Crippen molar-refractivity contribution in [1.29, 1.82) is 0 Å². The summed E-state index contributed by atoms with van der Waals surface area (Å²) < 4.78 is 2.25. The van der Waals surface area contributed by atoms with E-state index >= 15 is 0 Å². The molecule has 0 fully saturated rings. The van der Waals surface area contributed by atoms with Crippen molar-refractivity contribution in [3.63, 3.8) is 0 Å². The predicted octanol–water partition coefficient (Wildman–Crippen LogP) is 2.35. The van der Waals surface area contributed by atoms with Crippen LogP contribution in [-0.4, -0.2) is 9.55 Å². The van der Waals surface area contributed by atoms with Gasteiger partial charge in [0.05, 0.1) is 0 Å². The van der Waals surface area contributed by atoms with Crippen LogP contribution in [-0.2, 0) is 6.54 Å². The molecule has 0 amide bonds. The van der Waals surface area contributed by atoms with E-state index in [0.717, 1.165) is 6.54 Å². The highest BCUT2D eigenvalue weighted by Gasteiger charge is 2.01. The van der Waals surface area contributed by atoms with Gasteiger partial charge in [-0.3, -0.25) is 4.98 Å². The monoisotopic (exact) mass is 185 g/mol. The van der Waals surface area contributed by atoms with Crippen LogP contribution < -0.4 is 0 Å². The maximum Gasteiger partial charge on any atom is 0.0476 e. The summed E-state index contributed by atoms with van der Waals surface area (Å²) in [6, 6.07) is 9.31. The van der Waals surface area contributed by atoms with Gasteiger partial charge in [-0.1, -0.05) is 0 Å². The molecular formula is C12H13N2. The predicted molar refractivity (Wildman–Crippen MR) is 56.1 cm³/mol. The molecule has 2 heterocycles. The normalized spacial score (nSPS) is 10.4. The van der Waals surface area contributed by atoms with E-state index in [1.165, 1.54) is 17.0 Å². The quantitative estimate of drug-likeness (QED) is 0.702. The van der Waals surface area contributed by atoms with Gasteiger partial charge in [0, 0.05) is 36.4 Å².